The van der Waals surface area contributed by atoms with Crippen molar-refractivity contribution in [2.45, 2.75) is 56.3 Å². The van der Waals surface area contributed by atoms with Crippen LogP contribution >= 0.6 is 11.8 Å². The number of carboxylic acid groups (broad SMARTS) is 2. The number of rotatable bonds is 17. The summed E-state index contributed by atoms with van der Waals surface area (Å²) >= 11 is 1.46. The van der Waals surface area contributed by atoms with Crippen LogP contribution in [0.1, 0.15) is 31.2 Å². The van der Waals surface area contributed by atoms with Gasteiger partial charge in [0, 0.05) is 12.8 Å². The molecule has 10 N–H and O–H groups in total. The molecule has 4 unspecified atom stereocenters. The number of hydrogen-bond donors (Lipinski definition) is 8. The quantitative estimate of drug-likeness (QED) is 0.107. The Kier molecular flexibility index (Phi) is 13.6. The molecule has 0 fully saturated rings. The maximum atomic E-state index is 13.1. The molecule has 1 rings (SSSR count). The third-order valence-corrected chi connectivity index (χ3v) is 5.92. The van der Waals surface area contributed by atoms with E-state index < -0.39 is 79.0 Å². The van der Waals surface area contributed by atoms with Crippen LogP contribution in [0.5, 0.6) is 5.75 Å². The summed E-state index contributed by atoms with van der Waals surface area (Å²) in [5.41, 5.74) is 11.5. The van der Waals surface area contributed by atoms with Crippen LogP contribution in [0.15, 0.2) is 24.3 Å². The molecule has 0 spiro atoms. The van der Waals surface area contributed by atoms with Gasteiger partial charge < -0.3 is 42.7 Å². The molecule has 14 nitrogen and oxygen atoms in total. The Hall–Kier alpha value is -3.85. The van der Waals surface area contributed by atoms with Crippen LogP contribution in [0, 0.1) is 0 Å². The highest BCUT2D eigenvalue weighted by Crippen LogP contribution is 2.12. The lowest BCUT2D eigenvalue weighted by molar-refractivity contribution is -0.143. The number of primary amides is 1. The first-order valence-electron chi connectivity index (χ1n) is 11.5. The van der Waals surface area contributed by atoms with Crippen LogP contribution < -0.4 is 27.4 Å². The summed E-state index contributed by atoms with van der Waals surface area (Å²) in [7, 11) is 0. The van der Waals surface area contributed by atoms with Crippen molar-refractivity contribution >= 4 is 47.3 Å². The first-order chi connectivity index (χ1) is 17.8. The third kappa shape index (κ3) is 11.9. The Labute approximate surface area is 222 Å². The number of carboxylic acids is 2. The number of amides is 4. The fourth-order valence-corrected chi connectivity index (χ4v) is 3.70. The second-order valence-corrected chi connectivity index (χ2v) is 9.37. The molecule has 0 heterocycles. The van der Waals surface area contributed by atoms with Crippen LogP contribution in [-0.2, 0) is 35.2 Å². The summed E-state index contributed by atoms with van der Waals surface area (Å²) in [4.78, 5) is 72.5. The molecule has 0 aliphatic carbocycles. The van der Waals surface area contributed by atoms with Crippen LogP contribution in [0.2, 0.25) is 0 Å². The van der Waals surface area contributed by atoms with Crippen LogP contribution in [0.25, 0.3) is 0 Å². The van der Waals surface area contributed by atoms with E-state index in [0.29, 0.717) is 17.7 Å². The minimum atomic E-state index is -1.56. The van der Waals surface area contributed by atoms with Crippen molar-refractivity contribution in [3.63, 3.8) is 0 Å². The number of phenolic OH excluding ortho intramolecular Hbond substituents is 1. The van der Waals surface area contributed by atoms with Crippen LogP contribution in [-0.4, -0.2) is 87.1 Å². The van der Waals surface area contributed by atoms with Crippen LogP contribution in [0.4, 0.5) is 0 Å². The van der Waals surface area contributed by atoms with E-state index in [1.54, 1.807) is 0 Å². The van der Waals surface area contributed by atoms with Gasteiger partial charge in [-0.25, -0.2) is 4.79 Å². The summed E-state index contributed by atoms with van der Waals surface area (Å²) in [5.74, 6) is -5.76. The number of nitrogens with two attached hydrogens (primary N) is 2. The molecule has 1 aromatic carbocycles. The number of aliphatic carboxylic acids is 2. The summed E-state index contributed by atoms with van der Waals surface area (Å²) in [6.07, 6.45) is 0.408. The summed E-state index contributed by atoms with van der Waals surface area (Å²) in [6, 6.07) is 0.202. The Balaban J connectivity index is 3.15. The van der Waals surface area contributed by atoms with E-state index >= 15 is 0 Å². The first-order valence-corrected chi connectivity index (χ1v) is 12.9. The largest absolute Gasteiger partial charge is 0.508 e. The smallest absolute Gasteiger partial charge is 0.326 e. The van der Waals surface area contributed by atoms with Crippen molar-refractivity contribution in [2.24, 2.45) is 11.5 Å². The molecule has 0 aliphatic heterocycles. The number of aromatic hydroxyl groups is 1. The van der Waals surface area contributed by atoms with E-state index in [-0.39, 0.29) is 12.2 Å². The standard InChI is InChI=1S/C23H33N5O9S/c1-38-9-8-14(24)20(33)27-17(11-18(25)30)22(35)28-16(10-12-2-4-13(29)5-3-12)21(34)26-15(23(36)37)6-7-19(31)32/h2-5,14-17,29H,6-11,24H2,1H3,(H2,25,30)(H,26,34)(H,27,33)(H,28,35)(H,31,32)(H,36,37). The molecular formula is C23H33N5O9S. The molecule has 15 heteroatoms. The molecule has 38 heavy (non-hydrogen) atoms. The molecule has 1 aromatic rings. The number of benzene rings is 1. The molecule has 0 saturated heterocycles. The van der Waals surface area contributed by atoms with E-state index in [4.69, 9.17) is 16.6 Å². The molecule has 210 valence electrons. The number of carbonyl (C=O) groups is 6. The summed E-state index contributed by atoms with van der Waals surface area (Å²) in [6.45, 7) is 0. The second-order valence-electron chi connectivity index (χ2n) is 8.38. The van der Waals surface area contributed by atoms with Gasteiger partial charge in [0.1, 0.15) is 23.9 Å². The van der Waals surface area contributed by atoms with E-state index in [1.165, 1.54) is 36.0 Å². The fraction of sp³-hybridized carbons (Fsp3) is 0.478. The highest BCUT2D eigenvalue weighted by molar-refractivity contribution is 7.98. The van der Waals surface area contributed by atoms with Gasteiger partial charge in [-0.15, -0.1) is 0 Å². The van der Waals surface area contributed by atoms with Crippen molar-refractivity contribution in [1.29, 1.82) is 0 Å². The van der Waals surface area contributed by atoms with Gasteiger partial charge in [0.05, 0.1) is 12.5 Å². The number of thioether (sulfide) groups is 1. The number of hydrogen-bond acceptors (Lipinski definition) is 9. The Bertz CT molecular complexity index is 1010. The van der Waals surface area contributed by atoms with E-state index in [2.05, 4.69) is 16.0 Å². The maximum absolute atomic E-state index is 13.1. The molecule has 0 aliphatic rings. The number of carbonyl (C=O) groups excluding carboxylic acids is 4. The van der Waals surface area contributed by atoms with Gasteiger partial charge >= 0.3 is 11.9 Å². The Morgan fingerprint density at radius 2 is 1.42 bits per heavy atom. The molecular weight excluding hydrogens is 522 g/mol. The van der Waals surface area contributed by atoms with Crippen molar-refractivity contribution in [3.8, 4) is 5.75 Å². The van der Waals surface area contributed by atoms with E-state index in [9.17, 15) is 39.0 Å². The lowest BCUT2D eigenvalue weighted by atomic mass is 10.0. The predicted molar refractivity (Wildman–Crippen MR) is 137 cm³/mol. The first kappa shape index (κ1) is 32.2. The Morgan fingerprint density at radius 3 is 1.95 bits per heavy atom. The molecule has 0 saturated carbocycles. The highest BCUT2D eigenvalue weighted by Gasteiger charge is 2.31. The number of nitrogens with one attached hydrogen (secondary N) is 3. The van der Waals surface area contributed by atoms with Gasteiger partial charge in [-0.3, -0.25) is 24.0 Å². The zero-order valence-electron chi connectivity index (χ0n) is 20.7. The van der Waals surface area contributed by atoms with Gasteiger partial charge in [0.15, 0.2) is 0 Å². The molecule has 4 atom stereocenters. The van der Waals surface area contributed by atoms with Gasteiger partial charge in [0.2, 0.25) is 23.6 Å². The summed E-state index contributed by atoms with van der Waals surface area (Å²) in [5, 5.41) is 34.7. The fourth-order valence-electron chi connectivity index (χ4n) is 3.21. The average Bonchev–Trinajstić information content (AvgIpc) is 2.84. The number of phenols is 1. The zero-order valence-corrected chi connectivity index (χ0v) is 21.5. The zero-order chi connectivity index (χ0) is 28.8. The highest BCUT2D eigenvalue weighted by atomic mass is 32.2. The van der Waals surface area contributed by atoms with Crippen molar-refractivity contribution in [2.75, 3.05) is 12.0 Å². The molecule has 0 aromatic heterocycles. The van der Waals surface area contributed by atoms with Gasteiger partial charge in [-0.1, -0.05) is 12.1 Å². The van der Waals surface area contributed by atoms with E-state index in [0.717, 1.165) is 0 Å². The SMILES string of the molecule is CSCCC(N)C(=O)NC(CC(N)=O)C(=O)NC(Cc1ccc(O)cc1)C(=O)NC(CCC(=O)O)C(=O)O. The van der Waals surface area contributed by atoms with Gasteiger partial charge in [-0.2, -0.15) is 11.8 Å². The normalized spacial score (nSPS) is 13.8. The molecule has 0 radical (unpaired) electrons. The summed E-state index contributed by atoms with van der Waals surface area (Å²) < 4.78 is 0. The topological polar surface area (TPSA) is 251 Å². The maximum Gasteiger partial charge on any atom is 0.326 e. The van der Waals surface area contributed by atoms with E-state index in [1.807, 2.05) is 6.26 Å². The minimum Gasteiger partial charge on any atom is -0.508 e. The minimum absolute atomic E-state index is 0.0551. The second kappa shape index (κ2) is 16.1. The lowest BCUT2D eigenvalue weighted by Crippen LogP contribution is -2.58. The monoisotopic (exact) mass is 555 g/mol. The third-order valence-electron chi connectivity index (χ3n) is 5.28. The van der Waals surface area contributed by atoms with Gasteiger partial charge in [0.25, 0.3) is 0 Å². The van der Waals surface area contributed by atoms with Crippen molar-refractivity contribution in [3.05, 3.63) is 29.8 Å². The average molecular weight is 556 g/mol. The lowest BCUT2D eigenvalue weighted by Gasteiger charge is -2.25. The van der Waals surface area contributed by atoms with Crippen molar-refractivity contribution < 1.29 is 44.1 Å². The Morgan fingerprint density at radius 1 is 0.868 bits per heavy atom. The predicted octanol–water partition coefficient (Wildman–Crippen LogP) is -1.71. The molecule has 4 amide bonds. The molecule has 0 bridgehead atoms. The van der Waals surface area contributed by atoms with Crippen molar-refractivity contribution in [1.82, 2.24) is 16.0 Å². The van der Waals surface area contributed by atoms with Crippen LogP contribution in [0.3, 0.4) is 0 Å². The van der Waals surface area contributed by atoms with Gasteiger partial charge in [-0.05, 0) is 42.5 Å².